The number of rotatable bonds is 4. The molecule has 0 fully saturated rings. The molecule has 1 atom stereocenters. The fraction of sp³-hybridized carbons (Fsp3) is 0.364. The van der Waals surface area contributed by atoms with E-state index in [0.29, 0.717) is 6.42 Å². The lowest BCUT2D eigenvalue weighted by Crippen LogP contribution is -2.30. The van der Waals surface area contributed by atoms with Crippen LogP contribution in [0.2, 0.25) is 0 Å². The average Bonchev–Trinajstić information content (AvgIpc) is 2.27. The standard InChI is InChI=1S/C11H12Br3NO2/c1-3-9(11(16)17-2)15-10-7(13)4-6(12)5-8(10)14/h4-5,9,15H,3H2,1-2H3. The molecular formula is C11H12Br3NO2. The number of hydrogen-bond donors (Lipinski definition) is 1. The van der Waals surface area contributed by atoms with E-state index in [9.17, 15) is 4.79 Å². The summed E-state index contributed by atoms with van der Waals surface area (Å²) < 4.78 is 7.44. The second kappa shape index (κ2) is 6.75. The third-order valence-electron chi connectivity index (χ3n) is 2.22. The van der Waals surface area contributed by atoms with Crippen LogP contribution in [0.15, 0.2) is 25.6 Å². The molecule has 94 valence electrons. The molecule has 1 aromatic carbocycles. The van der Waals surface area contributed by atoms with Crippen molar-refractivity contribution in [2.24, 2.45) is 0 Å². The number of esters is 1. The topological polar surface area (TPSA) is 38.3 Å². The number of carbonyl (C=O) groups excluding carboxylic acids is 1. The summed E-state index contributed by atoms with van der Waals surface area (Å²) in [5.74, 6) is -0.269. The van der Waals surface area contributed by atoms with Crippen LogP contribution in [0, 0.1) is 0 Å². The van der Waals surface area contributed by atoms with Crippen molar-refractivity contribution >= 4 is 59.4 Å². The van der Waals surface area contributed by atoms with Gasteiger partial charge in [0.15, 0.2) is 0 Å². The van der Waals surface area contributed by atoms with Gasteiger partial charge in [0.2, 0.25) is 0 Å². The Kier molecular flexibility index (Phi) is 5.95. The molecule has 1 N–H and O–H groups in total. The van der Waals surface area contributed by atoms with E-state index in [2.05, 4.69) is 53.1 Å². The van der Waals surface area contributed by atoms with Gasteiger partial charge in [0, 0.05) is 13.4 Å². The van der Waals surface area contributed by atoms with Gasteiger partial charge >= 0.3 is 5.97 Å². The maximum Gasteiger partial charge on any atom is 0.328 e. The van der Waals surface area contributed by atoms with Crippen molar-refractivity contribution < 1.29 is 9.53 Å². The van der Waals surface area contributed by atoms with Gasteiger partial charge < -0.3 is 10.1 Å². The molecule has 0 bridgehead atoms. The third-order valence-corrected chi connectivity index (χ3v) is 3.93. The Morgan fingerprint density at radius 3 is 2.29 bits per heavy atom. The van der Waals surface area contributed by atoms with Crippen molar-refractivity contribution in [2.45, 2.75) is 19.4 Å². The number of benzene rings is 1. The van der Waals surface area contributed by atoms with E-state index in [1.807, 2.05) is 19.1 Å². The Labute approximate surface area is 126 Å². The molecule has 0 saturated carbocycles. The summed E-state index contributed by atoms with van der Waals surface area (Å²) in [4.78, 5) is 11.5. The highest BCUT2D eigenvalue weighted by Gasteiger charge is 2.19. The van der Waals surface area contributed by atoms with Gasteiger partial charge in [0.1, 0.15) is 6.04 Å². The van der Waals surface area contributed by atoms with Gasteiger partial charge in [-0.1, -0.05) is 22.9 Å². The Morgan fingerprint density at radius 1 is 1.35 bits per heavy atom. The van der Waals surface area contributed by atoms with Gasteiger partial charge in [0.05, 0.1) is 12.8 Å². The Hall–Kier alpha value is -0.0700. The second-order valence-corrected chi connectivity index (χ2v) is 6.00. The molecule has 0 radical (unpaired) electrons. The molecule has 17 heavy (non-hydrogen) atoms. The molecule has 6 heteroatoms. The predicted molar refractivity (Wildman–Crippen MR) is 79.3 cm³/mol. The quantitative estimate of drug-likeness (QED) is 0.724. The summed E-state index contributed by atoms with van der Waals surface area (Å²) in [6, 6.07) is 3.47. The van der Waals surface area contributed by atoms with Gasteiger partial charge in [-0.15, -0.1) is 0 Å². The number of carbonyl (C=O) groups is 1. The van der Waals surface area contributed by atoms with Crippen LogP contribution in [-0.4, -0.2) is 19.1 Å². The molecule has 0 aliphatic heterocycles. The molecule has 0 aliphatic carbocycles. The molecule has 1 unspecified atom stereocenters. The molecule has 0 amide bonds. The lowest BCUT2D eigenvalue weighted by Gasteiger charge is -2.18. The number of nitrogens with one attached hydrogen (secondary N) is 1. The minimum absolute atomic E-state index is 0.269. The lowest BCUT2D eigenvalue weighted by molar-refractivity contribution is -0.141. The molecule has 0 aliphatic rings. The van der Waals surface area contributed by atoms with Crippen LogP contribution < -0.4 is 5.32 Å². The SMILES string of the molecule is CCC(Nc1c(Br)cc(Br)cc1Br)C(=O)OC. The normalized spacial score (nSPS) is 12.1. The van der Waals surface area contributed by atoms with E-state index in [-0.39, 0.29) is 12.0 Å². The monoisotopic (exact) mass is 427 g/mol. The Morgan fingerprint density at radius 2 is 1.88 bits per heavy atom. The van der Waals surface area contributed by atoms with Gasteiger partial charge in [-0.2, -0.15) is 0 Å². The van der Waals surface area contributed by atoms with Crippen molar-refractivity contribution in [1.29, 1.82) is 0 Å². The molecule has 0 saturated heterocycles. The highest BCUT2D eigenvalue weighted by Crippen LogP contribution is 2.35. The highest BCUT2D eigenvalue weighted by atomic mass is 79.9. The van der Waals surface area contributed by atoms with E-state index in [4.69, 9.17) is 4.74 Å². The minimum atomic E-state index is -0.353. The predicted octanol–water partition coefficient (Wildman–Crippen LogP) is 4.34. The van der Waals surface area contributed by atoms with Crippen molar-refractivity contribution in [2.75, 3.05) is 12.4 Å². The van der Waals surface area contributed by atoms with Crippen LogP contribution in [0.3, 0.4) is 0 Å². The number of methoxy groups -OCH3 is 1. The zero-order valence-electron chi connectivity index (χ0n) is 9.39. The molecular weight excluding hydrogens is 418 g/mol. The molecule has 0 aromatic heterocycles. The van der Waals surface area contributed by atoms with E-state index >= 15 is 0 Å². The summed E-state index contributed by atoms with van der Waals surface area (Å²) in [5.41, 5.74) is 0.838. The highest BCUT2D eigenvalue weighted by molar-refractivity contribution is 9.11. The van der Waals surface area contributed by atoms with E-state index < -0.39 is 0 Å². The van der Waals surface area contributed by atoms with Gasteiger partial charge in [-0.3, -0.25) is 0 Å². The maximum absolute atomic E-state index is 11.5. The van der Waals surface area contributed by atoms with E-state index in [1.54, 1.807) is 0 Å². The fourth-order valence-corrected chi connectivity index (χ4v) is 3.81. The van der Waals surface area contributed by atoms with Crippen LogP contribution in [0.25, 0.3) is 0 Å². The summed E-state index contributed by atoms with van der Waals surface area (Å²) in [7, 11) is 1.39. The first kappa shape index (κ1) is 15.0. The smallest absolute Gasteiger partial charge is 0.328 e. The Bertz CT molecular complexity index is 400. The summed E-state index contributed by atoms with van der Waals surface area (Å²) in [5, 5.41) is 3.15. The summed E-state index contributed by atoms with van der Waals surface area (Å²) >= 11 is 10.3. The third kappa shape index (κ3) is 3.96. The first-order chi connectivity index (χ1) is 7.99. The Balaban J connectivity index is 2.98. The van der Waals surface area contributed by atoms with Crippen LogP contribution in [0.1, 0.15) is 13.3 Å². The molecule has 1 aromatic rings. The number of hydrogen-bond acceptors (Lipinski definition) is 3. The number of halogens is 3. The maximum atomic E-state index is 11.5. The lowest BCUT2D eigenvalue weighted by atomic mass is 10.2. The van der Waals surface area contributed by atoms with Crippen LogP contribution in [-0.2, 0) is 9.53 Å². The van der Waals surface area contributed by atoms with Gasteiger partial charge in [0.25, 0.3) is 0 Å². The van der Waals surface area contributed by atoms with E-state index in [0.717, 1.165) is 19.1 Å². The zero-order chi connectivity index (χ0) is 13.0. The van der Waals surface area contributed by atoms with Crippen LogP contribution in [0.5, 0.6) is 0 Å². The zero-order valence-corrected chi connectivity index (χ0v) is 14.1. The molecule has 1 rings (SSSR count). The second-order valence-electron chi connectivity index (χ2n) is 3.37. The summed E-state index contributed by atoms with van der Waals surface area (Å²) in [6.45, 7) is 1.93. The van der Waals surface area contributed by atoms with Crippen molar-refractivity contribution in [3.05, 3.63) is 25.6 Å². The van der Waals surface area contributed by atoms with Crippen molar-refractivity contribution in [3.8, 4) is 0 Å². The molecule has 0 spiro atoms. The molecule has 0 heterocycles. The average molecular weight is 430 g/mol. The number of anilines is 1. The van der Waals surface area contributed by atoms with Crippen molar-refractivity contribution in [3.63, 3.8) is 0 Å². The summed E-state index contributed by atoms with van der Waals surface area (Å²) in [6.07, 6.45) is 0.654. The fourth-order valence-electron chi connectivity index (χ4n) is 1.32. The molecule has 3 nitrogen and oxygen atoms in total. The van der Waals surface area contributed by atoms with E-state index in [1.165, 1.54) is 7.11 Å². The van der Waals surface area contributed by atoms with Crippen molar-refractivity contribution in [1.82, 2.24) is 0 Å². The first-order valence-electron chi connectivity index (χ1n) is 4.98. The largest absolute Gasteiger partial charge is 0.467 e. The van der Waals surface area contributed by atoms with Crippen LogP contribution in [0.4, 0.5) is 5.69 Å². The van der Waals surface area contributed by atoms with Gasteiger partial charge in [-0.05, 0) is 50.4 Å². The number of ether oxygens (including phenoxy) is 1. The minimum Gasteiger partial charge on any atom is -0.467 e. The van der Waals surface area contributed by atoms with Crippen LogP contribution >= 0.6 is 47.8 Å². The first-order valence-corrected chi connectivity index (χ1v) is 7.36. The van der Waals surface area contributed by atoms with Gasteiger partial charge in [-0.25, -0.2) is 4.79 Å².